The third kappa shape index (κ3) is 4.97. The van der Waals surface area contributed by atoms with Gasteiger partial charge in [-0.05, 0) is 42.0 Å². The summed E-state index contributed by atoms with van der Waals surface area (Å²) in [6.45, 7) is 0.602. The first-order valence-electron chi connectivity index (χ1n) is 9.11. The summed E-state index contributed by atoms with van der Waals surface area (Å²) in [5.41, 5.74) is 8.29. The lowest BCUT2D eigenvalue weighted by atomic mass is 10.1. The zero-order valence-corrected chi connectivity index (χ0v) is 15.5. The number of nitrogens with one attached hydrogen (secondary N) is 2. The largest absolute Gasteiger partial charge is 0.484 e. The van der Waals surface area contributed by atoms with Crippen LogP contribution in [0.4, 0.5) is 10.1 Å². The van der Waals surface area contributed by atoms with Gasteiger partial charge in [-0.2, -0.15) is 4.98 Å². The Morgan fingerprint density at radius 3 is 2.48 bits per heavy atom. The van der Waals surface area contributed by atoms with E-state index < -0.39 is 5.82 Å². The minimum atomic E-state index is -0.416. The highest BCUT2D eigenvalue weighted by molar-refractivity contribution is 5.56. The zero-order valence-electron chi connectivity index (χ0n) is 15.5. The molecular weight excluding hydrogens is 371 g/mol. The van der Waals surface area contributed by atoms with Crippen LogP contribution in [0.15, 0.2) is 83.4 Å². The Labute approximate surface area is 167 Å². The van der Waals surface area contributed by atoms with Crippen LogP contribution in [0.5, 0.6) is 5.75 Å². The highest BCUT2D eigenvalue weighted by atomic mass is 19.1. The lowest BCUT2D eigenvalue weighted by Gasteiger charge is -2.09. The first-order valence-corrected chi connectivity index (χ1v) is 9.11. The smallest absolute Gasteiger partial charge is 0.264 e. The van der Waals surface area contributed by atoms with E-state index in [-0.39, 0.29) is 23.9 Å². The number of ether oxygens (including phenoxy) is 1. The van der Waals surface area contributed by atoms with Gasteiger partial charge in [-0.25, -0.2) is 9.82 Å². The number of para-hydroxylation sites is 2. The lowest BCUT2D eigenvalue weighted by molar-refractivity contribution is 0.243. The van der Waals surface area contributed by atoms with E-state index in [0.29, 0.717) is 12.3 Å². The summed E-state index contributed by atoms with van der Waals surface area (Å²) < 4.78 is 25.1. The second-order valence-corrected chi connectivity index (χ2v) is 6.27. The Balaban J connectivity index is 1.40. The third-order valence-electron chi connectivity index (χ3n) is 4.14. The van der Waals surface area contributed by atoms with E-state index in [2.05, 4.69) is 21.0 Å². The molecule has 7 heteroatoms. The molecule has 0 atom stereocenters. The molecule has 2 N–H and O–H groups in total. The molecule has 3 aromatic carbocycles. The molecule has 0 spiro atoms. The molecule has 0 fully saturated rings. The van der Waals surface area contributed by atoms with E-state index in [4.69, 9.17) is 9.26 Å². The maximum absolute atomic E-state index is 14.3. The van der Waals surface area contributed by atoms with Gasteiger partial charge in [0.05, 0.1) is 5.56 Å². The van der Waals surface area contributed by atoms with Crippen LogP contribution < -0.4 is 15.6 Å². The van der Waals surface area contributed by atoms with Crippen molar-refractivity contribution in [1.82, 2.24) is 15.6 Å². The molecule has 0 radical (unpaired) electrons. The van der Waals surface area contributed by atoms with E-state index >= 15 is 0 Å². The van der Waals surface area contributed by atoms with Gasteiger partial charge in [0.2, 0.25) is 5.82 Å². The SMILES string of the molecule is Fc1ccc(CNNc2ccccc2)cc1-c1noc(COc2ccccc2)n1. The van der Waals surface area contributed by atoms with Gasteiger partial charge in [0, 0.05) is 12.2 Å². The summed E-state index contributed by atoms with van der Waals surface area (Å²) in [5, 5.41) is 3.89. The standard InChI is InChI=1S/C22H19FN4O2/c23-20-12-11-16(14-24-26-17-7-3-1-4-8-17)13-19(20)22-25-21(29-27-22)15-28-18-9-5-2-6-10-18/h1-13,24,26H,14-15H2. The fourth-order valence-corrected chi connectivity index (χ4v) is 2.71. The summed E-state index contributed by atoms with van der Waals surface area (Å²) in [4.78, 5) is 4.25. The average molecular weight is 390 g/mol. The summed E-state index contributed by atoms with van der Waals surface area (Å²) in [7, 11) is 0. The maximum Gasteiger partial charge on any atom is 0.264 e. The monoisotopic (exact) mass is 390 g/mol. The molecule has 6 nitrogen and oxygen atoms in total. The van der Waals surface area contributed by atoms with Crippen LogP contribution in [-0.4, -0.2) is 10.1 Å². The molecule has 1 aromatic heterocycles. The van der Waals surface area contributed by atoms with Crippen LogP contribution in [0.1, 0.15) is 11.5 Å². The highest BCUT2D eigenvalue weighted by Crippen LogP contribution is 2.22. The van der Waals surface area contributed by atoms with Gasteiger partial charge in [0.15, 0.2) is 6.61 Å². The van der Waals surface area contributed by atoms with Crippen LogP contribution in [0.25, 0.3) is 11.4 Å². The van der Waals surface area contributed by atoms with Gasteiger partial charge < -0.3 is 14.7 Å². The molecule has 0 bridgehead atoms. The number of rotatable bonds is 8. The Bertz CT molecular complexity index is 1050. The van der Waals surface area contributed by atoms with Crippen LogP contribution in [-0.2, 0) is 13.2 Å². The number of halogens is 1. The first-order chi connectivity index (χ1) is 14.3. The van der Waals surface area contributed by atoms with Gasteiger partial charge in [-0.1, -0.05) is 47.6 Å². The van der Waals surface area contributed by atoms with Gasteiger partial charge in [0.25, 0.3) is 5.89 Å². The molecule has 29 heavy (non-hydrogen) atoms. The number of hydrogen-bond donors (Lipinski definition) is 2. The van der Waals surface area contributed by atoms with Crippen LogP contribution in [0, 0.1) is 5.82 Å². The molecule has 0 aliphatic carbocycles. The Morgan fingerprint density at radius 1 is 0.931 bits per heavy atom. The number of hydrogen-bond acceptors (Lipinski definition) is 6. The third-order valence-corrected chi connectivity index (χ3v) is 4.14. The number of aromatic nitrogens is 2. The topological polar surface area (TPSA) is 72.2 Å². The predicted molar refractivity (Wildman–Crippen MR) is 107 cm³/mol. The van der Waals surface area contributed by atoms with E-state index in [1.54, 1.807) is 12.1 Å². The number of anilines is 1. The molecule has 0 aliphatic heterocycles. The molecule has 4 aromatic rings. The average Bonchev–Trinajstić information content (AvgIpc) is 3.24. The summed E-state index contributed by atoms with van der Waals surface area (Å²) in [6.07, 6.45) is 0. The molecule has 1 heterocycles. The number of hydrazine groups is 1. The highest BCUT2D eigenvalue weighted by Gasteiger charge is 2.14. The van der Waals surface area contributed by atoms with Crippen molar-refractivity contribution in [3.8, 4) is 17.1 Å². The van der Waals surface area contributed by atoms with Crippen molar-refractivity contribution in [2.24, 2.45) is 0 Å². The van der Waals surface area contributed by atoms with Crippen molar-refractivity contribution in [3.05, 3.63) is 96.1 Å². The fraction of sp³-hybridized carbons (Fsp3) is 0.0909. The second-order valence-electron chi connectivity index (χ2n) is 6.27. The van der Waals surface area contributed by atoms with Crippen molar-refractivity contribution < 1.29 is 13.7 Å². The summed E-state index contributed by atoms with van der Waals surface area (Å²) in [6, 6.07) is 23.8. The first kappa shape index (κ1) is 18.6. The van der Waals surface area contributed by atoms with Crippen LogP contribution in [0.3, 0.4) is 0 Å². The Morgan fingerprint density at radius 2 is 1.69 bits per heavy atom. The number of benzene rings is 3. The van der Waals surface area contributed by atoms with Crippen molar-refractivity contribution >= 4 is 5.69 Å². The molecule has 146 valence electrons. The van der Waals surface area contributed by atoms with Crippen LogP contribution in [0.2, 0.25) is 0 Å². The molecule has 0 amide bonds. The molecule has 0 aliphatic rings. The Hall–Kier alpha value is -3.71. The lowest BCUT2D eigenvalue weighted by Crippen LogP contribution is -2.20. The van der Waals surface area contributed by atoms with Gasteiger partial charge in [-0.3, -0.25) is 0 Å². The normalized spacial score (nSPS) is 10.7. The quantitative estimate of drug-likeness (QED) is 0.430. The van der Waals surface area contributed by atoms with Crippen molar-refractivity contribution in [2.45, 2.75) is 13.2 Å². The van der Waals surface area contributed by atoms with Crippen molar-refractivity contribution in [1.29, 1.82) is 0 Å². The molecule has 4 rings (SSSR count). The minimum Gasteiger partial charge on any atom is -0.484 e. The van der Waals surface area contributed by atoms with Gasteiger partial charge >= 0.3 is 0 Å². The zero-order chi connectivity index (χ0) is 19.9. The fourth-order valence-electron chi connectivity index (χ4n) is 2.71. The Kier molecular flexibility index (Phi) is 5.78. The van der Waals surface area contributed by atoms with E-state index in [1.165, 1.54) is 6.07 Å². The molecule has 0 saturated heterocycles. The van der Waals surface area contributed by atoms with E-state index in [1.807, 2.05) is 60.7 Å². The van der Waals surface area contributed by atoms with Gasteiger partial charge in [-0.15, -0.1) is 0 Å². The summed E-state index contributed by atoms with van der Waals surface area (Å²) in [5.74, 6) is 0.739. The molecule has 0 saturated carbocycles. The molecule has 0 unspecified atom stereocenters. The second kappa shape index (κ2) is 8.99. The maximum atomic E-state index is 14.3. The van der Waals surface area contributed by atoms with Crippen LogP contribution >= 0.6 is 0 Å². The van der Waals surface area contributed by atoms with Crippen molar-refractivity contribution in [2.75, 3.05) is 5.43 Å². The van der Waals surface area contributed by atoms with Crippen molar-refractivity contribution in [3.63, 3.8) is 0 Å². The van der Waals surface area contributed by atoms with E-state index in [0.717, 1.165) is 11.3 Å². The minimum absolute atomic E-state index is 0.112. The summed E-state index contributed by atoms with van der Waals surface area (Å²) >= 11 is 0. The number of nitrogens with zero attached hydrogens (tertiary/aromatic N) is 2. The predicted octanol–water partition coefficient (Wildman–Crippen LogP) is 4.57. The molecular formula is C22H19FN4O2. The van der Waals surface area contributed by atoms with Gasteiger partial charge in [0.1, 0.15) is 11.6 Å². The van der Waals surface area contributed by atoms with E-state index in [9.17, 15) is 4.39 Å².